The number of aromatic nitrogens is 2. The highest BCUT2D eigenvalue weighted by Crippen LogP contribution is 2.28. The van der Waals surface area contributed by atoms with Gasteiger partial charge in [-0.15, -0.1) is 11.3 Å². The Kier molecular flexibility index (Phi) is 3.28. The van der Waals surface area contributed by atoms with Gasteiger partial charge in [-0.05, 0) is 18.6 Å². The van der Waals surface area contributed by atoms with Crippen molar-refractivity contribution in [2.75, 3.05) is 0 Å². The van der Waals surface area contributed by atoms with Gasteiger partial charge in [-0.1, -0.05) is 6.92 Å². The SMILES string of the molecule is CCc1nc(-c2ccncc2)sc1CC#N. The van der Waals surface area contributed by atoms with Gasteiger partial charge in [-0.3, -0.25) is 4.98 Å². The summed E-state index contributed by atoms with van der Waals surface area (Å²) in [5.41, 5.74) is 2.11. The monoisotopic (exact) mass is 229 g/mol. The van der Waals surface area contributed by atoms with E-state index in [0.29, 0.717) is 6.42 Å². The average molecular weight is 229 g/mol. The molecule has 80 valence electrons. The molecule has 0 aliphatic heterocycles. The van der Waals surface area contributed by atoms with Crippen LogP contribution >= 0.6 is 11.3 Å². The third-order valence-corrected chi connectivity index (χ3v) is 3.43. The zero-order chi connectivity index (χ0) is 11.4. The number of nitriles is 1. The van der Waals surface area contributed by atoms with Crippen LogP contribution in [0.25, 0.3) is 10.6 Å². The predicted octanol–water partition coefficient (Wildman–Crippen LogP) is 2.83. The van der Waals surface area contributed by atoms with Crippen molar-refractivity contribution in [3.63, 3.8) is 0 Å². The van der Waals surface area contributed by atoms with Crippen molar-refractivity contribution in [1.29, 1.82) is 5.26 Å². The van der Waals surface area contributed by atoms with Crippen molar-refractivity contribution in [2.45, 2.75) is 19.8 Å². The molecular formula is C12H11N3S. The molecule has 0 spiro atoms. The topological polar surface area (TPSA) is 49.6 Å². The Bertz CT molecular complexity index is 511. The van der Waals surface area contributed by atoms with Crippen molar-refractivity contribution in [1.82, 2.24) is 9.97 Å². The lowest BCUT2D eigenvalue weighted by atomic mass is 10.2. The van der Waals surface area contributed by atoms with E-state index >= 15 is 0 Å². The Morgan fingerprint density at radius 2 is 2.12 bits per heavy atom. The molecule has 2 heterocycles. The first-order chi connectivity index (χ1) is 7.85. The highest BCUT2D eigenvalue weighted by atomic mass is 32.1. The molecule has 3 nitrogen and oxygen atoms in total. The fourth-order valence-electron chi connectivity index (χ4n) is 1.49. The quantitative estimate of drug-likeness (QED) is 0.813. The lowest BCUT2D eigenvalue weighted by Crippen LogP contribution is -1.86. The molecule has 4 heteroatoms. The van der Waals surface area contributed by atoms with Gasteiger partial charge in [0.2, 0.25) is 0 Å². The van der Waals surface area contributed by atoms with Crippen molar-refractivity contribution in [3.05, 3.63) is 35.1 Å². The summed E-state index contributed by atoms with van der Waals surface area (Å²) in [4.78, 5) is 9.62. The minimum absolute atomic E-state index is 0.450. The molecule has 0 aromatic carbocycles. The maximum atomic E-state index is 8.74. The third-order valence-electron chi connectivity index (χ3n) is 2.28. The highest BCUT2D eigenvalue weighted by Gasteiger charge is 2.10. The molecule has 2 aromatic heterocycles. The number of hydrogen-bond acceptors (Lipinski definition) is 4. The van der Waals surface area contributed by atoms with Crippen LogP contribution in [0, 0.1) is 11.3 Å². The fourth-order valence-corrected chi connectivity index (χ4v) is 2.58. The largest absolute Gasteiger partial charge is 0.265 e. The van der Waals surface area contributed by atoms with Crippen molar-refractivity contribution in [2.24, 2.45) is 0 Å². The minimum Gasteiger partial charge on any atom is -0.265 e. The highest BCUT2D eigenvalue weighted by molar-refractivity contribution is 7.15. The van der Waals surface area contributed by atoms with Gasteiger partial charge in [-0.2, -0.15) is 5.26 Å². The molecule has 0 unspecified atom stereocenters. The molecule has 0 aliphatic carbocycles. The van der Waals surface area contributed by atoms with Crippen LogP contribution < -0.4 is 0 Å². The van der Waals surface area contributed by atoms with E-state index in [0.717, 1.165) is 27.6 Å². The van der Waals surface area contributed by atoms with Crippen LogP contribution in [0.4, 0.5) is 0 Å². The van der Waals surface area contributed by atoms with Gasteiger partial charge in [0.05, 0.1) is 18.2 Å². The van der Waals surface area contributed by atoms with Gasteiger partial charge in [0.15, 0.2) is 0 Å². The lowest BCUT2D eigenvalue weighted by Gasteiger charge is -1.92. The van der Waals surface area contributed by atoms with Gasteiger partial charge in [0, 0.05) is 22.8 Å². The molecule has 0 aliphatic rings. The number of hydrogen-bond donors (Lipinski definition) is 0. The predicted molar refractivity (Wildman–Crippen MR) is 64.0 cm³/mol. The molecular weight excluding hydrogens is 218 g/mol. The van der Waals surface area contributed by atoms with Crippen molar-refractivity contribution < 1.29 is 0 Å². The van der Waals surface area contributed by atoms with E-state index in [2.05, 4.69) is 23.0 Å². The molecule has 0 atom stereocenters. The van der Waals surface area contributed by atoms with E-state index in [-0.39, 0.29) is 0 Å². The van der Waals surface area contributed by atoms with Gasteiger partial charge < -0.3 is 0 Å². The standard InChI is InChI=1S/C12H11N3S/c1-2-10-11(3-6-13)16-12(15-10)9-4-7-14-8-5-9/h4-5,7-8H,2-3H2,1H3. The first kappa shape index (κ1) is 10.8. The first-order valence-electron chi connectivity index (χ1n) is 5.11. The van der Waals surface area contributed by atoms with Crippen molar-refractivity contribution >= 4 is 11.3 Å². The molecule has 0 N–H and O–H groups in total. The van der Waals surface area contributed by atoms with Crippen LogP contribution in [0.3, 0.4) is 0 Å². The summed E-state index contributed by atoms with van der Waals surface area (Å²) >= 11 is 1.60. The Morgan fingerprint density at radius 1 is 1.38 bits per heavy atom. The molecule has 0 fully saturated rings. The van der Waals surface area contributed by atoms with E-state index < -0.39 is 0 Å². The van der Waals surface area contributed by atoms with E-state index in [4.69, 9.17) is 5.26 Å². The maximum Gasteiger partial charge on any atom is 0.124 e. The summed E-state index contributed by atoms with van der Waals surface area (Å²) in [6, 6.07) is 6.06. The van der Waals surface area contributed by atoms with Crippen LogP contribution in [0.15, 0.2) is 24.5 Å². The molecule has 0 amide bonds. The summed E-state index contributed by atoms with van der Waals surface area (Å²) in [6.07, 6.45) is 4.84. The number of aryl methyl sites for hydroxylation is 1. The number of thiazole rings is 1. The Balaban J connectivity index is 2.41. The average Bonchev–Trinajstić information content (AvgIpc) is 2.74. The maximum absolute atomic E-state index is 8.74. The van der Waals surface area contributed by atoms with E-state index in [1.54, 1.807) is 23.7 Å². The minimum atomic E-state index is 0.450. The molecule has 0 radical (unpaired) electrons. The molecule has 0 saturated carbocycles. The Morgan fingerprint density at radius 3 is 2.75 bits per heavy atom. The second kappa shape index (κ2) is 4.86. The number of nitrogens with zero attached hydrogens (tertiary/aromatic N) is 3. The second-order valence-corrected chi connectivity index (χ2v) is 4.40. The van der Waals surface area contributed by atoms with Gasteiger partial charge in [0.1, 0.15) is 5.01 Å². The summed E-state index contributed by atoms with van der Waals surface area (Å²) in [5.74, 6) is 0. The van der Waals surface area contributed by atoms with Crippen LogP contribution in [0.2, 0.25) is 0 Å². The van der Waals surface area contributed by atoms with Crippen LogP contribution in [-0.2, 0) is 12.8 Å². The summed E-state index contributed by atoms with van der Waals surface area (Å²) < 4.78 is 0. The zero-order valence-electron chi connectivity index (χ0n) is 8.97. The normalized spacial score (nSPS) is 10.0. The van der Waals surface area contributed by atoms with Crippen LogP contribution in [0.5, 0.6) is 0 Å². The Labute approximate surface area is 98.4 Å². The summed E-state index contributed by atoms with van der Waals surface area (Å²) in [7, 11) is 0. The number of rotatable bonds is 3. The van der Waals surface area contributed by atoms with E-state index in [1.165, 1.54) is 0 Å². The summed E-state index contributed by atoms with van der Waals surface area (Å²) in [6.45, 7) is 2.06. The van der Waals surface area contributed by atoms with Crippen LogP contribution in [-0.4, -0.2) is 9.97 Å². The molecule has 2 aromatic rings. The van der Waals surface area contributed by atoms with Gasteiger partial charge >= 0.3 is 0 Å². The summed E-state index contributed by atoms with van der Waals surface area (Å²) in [5, 5.41) is 9.71. The second-order valence-electron chi connectivity index (χ2n) is 3.31. The Hall–Kier alpha value is -1.73. The van der Waals surface area contributed by atoms with E-state index in [1.807, 2.05) is 12.1 Å². The molecule has 0 saturated heterocycles. The first-order valence-corrected chi connectivity index (χ1v) is 5.92. The van der Waals surface area contributed by atoms with Crippen LogP contribution in [0.1, 0.15) is 17.5 Å². The smallest absolute Gasteiger partial charge is 0.124 e. The van der Waals surface area contributed by atoms with E-state index in [9.17, 15) is 0 Å². The zero-order valence-corrected chi connectivity index (χ0v) is 9.79. The lowest BCUT2D eigenvalue weighted by molar-refractivity contribution is 1.03. The third kappa shape index (κ3) is 2.10. The molecule has 0 bridgehead atoms. The van der Waals surface area contributed by atoms with Gasteiger partial charge in [-0.25, -0.2) is 4.98 Å². The molecule has 16 heavy (non-hydrogen) atoms. The van der Waals surface area contributed by atoms with Gasteiger partial charge in [0.25, 0.3) is 0 Å². The van der Waals surface area contributed by atoms with Crippen molar-refractivity contribution in [3.8, 4) is 16.6 Å². The molecule has 2 rings (SSSR count). The number of pyridine rings is 1. The fraction of sp³-hybridized carbons (Fsp3) is 0.250.